The van der Waals surface area contributed by atoms with Gasteiger partial charge in [0.2, 0.25) is 0 Å². The van der Waals surface area contributed by atoms with E-state index in [2.05, 4.69) is 253 Å². The zero-order valence-corrected chi connectivity index (χ0v) is 46.7. The number of hydrogen-bond acceptors (Lipinski definition) is 3. The van der Waals surface area contributed by atoms with Crippen LogP contribution < -0.4 is 0 Å². The molecule has 64 heavy (non-hydrogen) atoms. The van der Waals surface area contributed by atoms with Gasteiger partial charge in [0.15, 0.2) is 0 Å². The van der Waals surface area contributed by atoms with E-state index in [0.717, 1.165) is 22.3 Å². The fourth-order valence-electron chi connectivity index (χ4n) is 9.05. The SMILES string of the molecule is CC(C)(C)c1ccc(C(C)(O[PH](=O)OC(C)(c2ccc(C(C)(C)C)cc2C(C)(C)C)c2ccc(C(C)(C)C)cc2C(C)(C)C)c2ccc(C(C)(C)C)cc2C(C)(C)C)c(C(C)(C)C)c1. The Balaban J connectivity index is 2.19. The molecule has 0 saturated heterocycles. The lowest BCUT2D eigenvalue weighted by Gasteiger charge is -2.42. The maximum atomic E-state index is 15.9. The van der Waals surface area contributed by atoms with Gasteiger partial charge < -0.3 is 0 Å². The molecule has 0 saturated carbocycles. The Kier molecular flexibility index (Phi) is 14.5. The zero-order chi connectivity index (χ0) is 49.4. The van der Waals surface area contributed by atoms with Gasteiger partial charge in [0.25, 0.3) is 0 Å². The van der Waals surface area contributed by atoms with E-state index in [1.54, 1.807) is 0 Å². The molecular formula is C60H91O3P. The third-order valence-electron chi connectivity index (χ3n) is 13.4. The van der Waals surface area contributed by atoms with Crippen LogP contribution in [-0.2, 0) is 68.1 Å². The first-order chi connectivity index (χ1) is 28.4. The van der Waals surface area contributed by atoms with Gasteiger partial charge in [-0.25, -0.2) is 0 Å². The zero-order valence-electron chi connectivity index (χ0n) is 45.7. The smallest absolute Gasteiger partial charge is 0.294 e. The van der Waals surface area contributed by atoms with Crippen molar-refractivity contribution in [3.63, 3.8) is 0 Å². The van der Waals surface area contributed by atoms with Crippen LogP contribution in [0.15, 0.2) is 72.8 Å². The van der Waals surface area contributed by atoms with E-state index in [-0.39, 0.29) is 43.3 Å². The fourth-order valence-corrected chi connectivity index (χ4v) is 10.2. The molecule has 0 atom stereocenters. The minimum atomic E-state index is -3.34. The Morgan fingerprint density at radius 2 is 0.438 bits per heavy atom. The summed E-state index contributed by atoms with van der Waals surface area (Å²) in [5, 5.41) is 0. The lowest BCUT2D eigenvalue weighted by atomic mass is 9.70. The van der Waals surface area contributed by atoms with Crippen LogP contribution in [0.4, 0.5) is 0 Å². The average Bonchev–Trinajstić information content (AvgIpc) is 3.10. The molecule has 4 aromatic carbocycles. The maximum absolute atomic E-state index is 15.9. The predicted octanol–water partition coefficient (Wildman–Crippen LogP) is 17.7. The summed E-state index contributed by atoms with van der Waals surface area (Å²) < 4.78 is 30.7. The lowest BCUT2D eigenvalue weighted by molar-refractivity contribution is 0.0593. The molecule has 0 spiro atoms. The summed E-state index contributed by atoms with van der Waals surface area (Å²) in [6.07, 6.45) is 0. The molecule has 4 aromatic rings. The molecule has 3 nitrogen and oxygen atoms in total. The van der Waals surface area contributed by atoms with Crippen molar-refractivity contribution in [3.05, 3.63) is 140 Å². The van der Waals surface area contributed by atoms with E-state index in [4.69, 9.17) is 9.05 Å². The Hall–Kier alpha value is -2.97. The maximum Gasteiger partial charge on any atom is 0.321 e. The van der Waals surface area contributed by atoms with Crippen LogP contribution in [0.2, 0.25) is 0 Å². The van der Waals surface area contributed by atoms with Gasteiger partial charge in [-0.05, 0) is 124 Å². The monoisotopic (exact) mass is 891 g/mol. The highest BCUT2D eigenvalue weighted by atomic mass is 31.1. The molecule has 354 valence electrons. The van der Waals surface area contributed by atoms with Crippen molar-refractivity contribution < 1.29 is 13.6 Å². The standard InChI is InChI=1S/C60H91O3P/c1-51(2,3)39-27-31-43(47(35-39)55(13,14)15)59(25,44-32-28-40(52(4,5)6)36-48(44)56(16,17)18)62-64(61)63-60(26,45-33-29-41(53(7,8)9)37-49(45)57(19,20)21)46-34-30-42(54(10,11)12)38-50(46)58(22,23)24/h27-38,64H,1-26H3. The summed E-state index contributed by atoms with van der Waals surface area (Å²) >= 11 is 0. The van der Waals surface area contributed by atoms with Crippen molar-refractivity contribution in [2.24, 2.45) is 0 Å². The largest absolute Gasteiger partial charge is 0.321 e. The van der Waals surface area contributed by atoms with Gasteiger partial charge in [0, 0.05) is 0 Å². The van der Waals surface area contributed by atoms with Crippen LogP contribution in [0.3, 0.4) is 0 Å². The molecule has 0 aliphatic heterocycles. The highest BCUT2D eigenvalue weighted by Gasteiger charge is 2.45. The van der Waals surface area contributed by atoms with Crippen LogP contribution in [0, 0.1) is 0 Å². The second kappa shape index (κ2) is 17.3. The first kappa shape index (κ1) is 53.6. The third-order valence-corrected chi connectivity index (χ3v) is 14.6. The fraction of sp³-hybridized carbons (Fsp3) is 0.600. The summed E-state index contributed by atoms with van der Waals surface area (Å²) in [5.74, 6) is 0. The van der Waals surface area contributed by atoms with E-state index in [0.29, 0.717) is 0 Å². The summed E-state index contributed by atoms with van der Waals surface area (Å²) in [7, 11) is -3.34. The van der Waals surface area contributed by atoms with E-state index in [9.17, 15) is 0 Å². The summed E-state index contributed by atoms with van der Waals surface area (Å²) in [6, 6.07) is 27.4. The second-order valence-electron chi connectivity index (χ2n) is 27.6. The molecule has 0 radical (unpaired) electrons. The van der Waals surface area contributed by atoms with Crippen LogP contribution in [0.25, 0.3) is 0 Å². The number of benzene rings is 4. The molecular weight excluding hydrogens is 800 g/mol. The van der Waals surface area contributed by atoms with E-state index < -0.39 is 19.5 Å². The van der Waals surface area contributed by atoms with Crippen molar-refractivity contribution in [2.75, 3.05) is 0 Å². The van der Waals surface area contributed by atoms with Gasteiger partial charge in [0.1, 0.15) is 11.2 Å². The molecule has 0 bridgehead atoms. The Labute approximate surface area is 394 Å². The van der Waals surface area contributed by atoms with E-state index in [1.165, 1.54) is 44.5 Å². The third kappa shape index (κ3) is 11.6. The van der Waals surface area contributed by atoms with Gasteiger partial charge in [-0.3, -0.25) is 13.6 Å². The molecule has 0 aliphatic carbocycles. The number of rotatable bonds is 8. The van der Waals surface area contributed by atoms with Crippen LogP contribution in [-0.4, -0.2) is 0 Å². The van der Waals surface area contributed by atoms with Crippen molar-refractivity contribution in [1.29, 1.82) is 0 Å². The quantitative estimate of drug-likeness (QED) is 0.165. The van der Waals surface area contributed by atoms with Crippen LogP contribution >= 0.6 is 8.25 Å². The predicted molar refractivity (Wildman–Crippen MR) is 279 cm³/mol. The molecule has 0 unspecified atom stereocenters. The molecule has 0 N–H and O–H groups in total. The highest BCUT2D eigenvalue weighted by Crippen LogP contribution is 2.55. The van der Waals surface area contributed by atoms with Gasteiger partial charge in [-0.1, -0.05) is 239 Å². The lowest BCUT2D eigenvalue weighted by Crippen LogP contribution is -2.36. The Morgan fingerprint density at radius 3 is 0.578 bits per heavy atom. The van der Waals surface area contributed by atoms with Crippen molar-refractivity contribution in [2.45, 2.75) is 235 Å². The van der Waals surface area contributed by atoms with E-state index in [1.807, 2.05) is 0 Å². The van der Waals surface area contributed by atoms with Crippen molar-refractivity contribution >= 4 is 8.25 Å². The van der Waals surface area contributed by atoms with Gasteiger partial charge in [0.05, 0.1) is 0 Å². The van der Waals surface area contributed by atoms with Crippen LogP contribution in [0.1, 0.15) is 247 Å². The summed E-state index contributed by atoms with van der Waals surface area (Å²) in [4.78, 5) is 0. The van der Waals surface area contributed by atoms with Gasteiger partial charge >= 0.3 is 8.25 Å². The topological polar surface area (TPSA) is 35.5 Å². The molecule has 0 fully saturated rings. The van der Waals surface area contributed by atoms with Crippen LogP contribution in [0.5, 0.6) is 0 Å². The molecule has 4 rings (SSSR count). The molecule has 0 amide bonds. The first-order valence-electron chi connectivity index (χ1n) is 24.0. The summed E-state index contributed by atoms with van der Waals surface area (Å²) in [5.41, 5.74) is 10.0. The number of hydrogen-bond donors (Lipinski definition) is 0. The van der Waals surface area contributed by atoms with Crippen molar-refractivity contribution in [1.82, 2.24) is 0 Å². The van der Waals surface area contributed by atoms with E-state index >= 15 is 4.57 Å². The van der Waals surface area contributed by atoms with Crippen molar-refractivity contribution in [3.8, 4) is 0 Å². The molecule has 0 aromatic heterocycles. The van der Waals surface area contributed by atoms with Gasteiger partial charge in [-0.15, -0.1) is 0 Å². The minimum absolute atomic E-state index is 0.0697. The molecule has 0 heterocycles. The van der Waals surface area contributed by atoms with Gasteiger partial charge in [-0.2, -0.15) is 0 Å². The highest BCUT2D eigenvalue weighted by molar-refractivity contribution is 7.33. The molecule has 0 aliphatic rings. The average molecular weight is 891 g/mol. The molecule has 4 heteroatoms. The Bertz CT molecular complexity index is 2020. The first-order valence-corrected chi connectivity index (χ1v) is 25.2. The normalized spacial score (nSPS) is 14.4. The second-order valence-corrected chi connectivity index (χ2v) is 28.5. The minimum Gasteiger partial charge on any atom is -0.294 e. The Morgan fingerprint density at radius 1 is 0.266 bits per heavy atom. The summed E-state index contributed by atoms with van der Waals surface area (Å²) in [6.45, 7) is 58.7.